The molecule has 3 rings (SSSR count). The van der Waals surface area contributed by atoms with E-state index < -0.39 is 5.60 Å². The number of nitrogens with two attached hydrogens (primary N) is 1. The number of hydrogen-bond donors (Lipinski definition) is 2. The fraction of sp³-hybridized carbons (Fsp3) is 0.600. The summed E-state index contributed by atoms with van der Waals surface area (Å²) in [6, 6.07) is 8.18. The fourth-order valence-electron chi connectivity index (χ4n) is 2.64. The molecule has 98 valence electrons. The molecule has 0 aromatic heterocycles. The van der Waals surface area contributed by atoms with Gasteiger partial charge in [-0.1, -0.05) is 12.1 Å². The standard InChI is InChI=1S/C15H21NO2/c16-12-6-8-15(17,9-7-12)11-2-1-3-14(10-11)18-13-4-5-13/h1-3,10,12-13,17H,4-9,16H2. The van der Waals surface area contributed by atoms with Crippen molar-refractivity contribution in [3.8, 4) is 5.75 Å². The lowest BCUT2D eigenvalue weighted by atomic mass is 9.78. The van der Waals surface area contributed by atoms with E-state index in [1.165, 1.54) is 0 Å². The molecule has 2 aliphatic carbocycles. The van der Waals surface area contributed by atoms with Crippen molar-refractivity contribution < 1.29 is 9.84 Å². The van der Waals surface area contributed by atoms with Crippen molar-refractivity contribution in [3.05, 3.63) is 29.8 Å². The molecule has 3 N–H and O–H groups in total. The third-order valence-corrected chi connectivity index (χ3v) is 4.06. The van der Waals surface area contributed by atoms with Crippen LogP contribution in [0.3, 0.4) is 0 Å². The fourth-order valence-corrected chi connectivity index (χ4v) is 2.64. The molecular weight excluding hydrogens is 226 g/mol. The van der Waals surface area contributed by atoms with Crippen LogP contribution in [0.2, 0.25) is 0 Å². The summed E-state index contributed by atoms with van der Waals surface area (Å²) in [5.74, 6) is 0.887. The van der Waals surface area contributed by atoms with Gasteiger partial charge in [-0.3, -0.25) is 0 Å². The molecule has 0 unspecified atom stereocenters. The molecule has 2 fully saturated rings. The van der Waals surface area contributed by atoms with Gasteiger partial charge in [-0.05, 0) is 56.2 Å². The molecule has 0 aliphatic heterocycles. The molecule has 2 aliphatic rings. The molecule has 0 saturated heterocycles. The summed E-state index contributed by atoms with van der Waals surface area (Å²) >= 11 is 0. The molecule has 0 heterocycles. The largest absolute Gasteiger partial charge is 0.490 e. The van der Waals surface area contributed by atoms with Gasteiger partial charge < -0.3 is 15.6 Å². The third kappa shape index (κ3) is 2.52. The molecule has 0 bridgehead atoms. The summed E-state index contributed by atoms with van der Waals surface area (Å²) in [5.41, 5.74) is 6.17. The Bertz CT molecular complexity index is 420. The van der Waals surface area contributed by atoms with Crippen molar-refractivity contribution >= 4 is 0 Å². The second kappa shape index (κ2) is 4.56. The minimum absolute atomic E-state index is 0.246. The zero-order chi connectivity index (χ0) is 12.6. The zero-order valence-electron chi connectivity index (χ0n) is 10.6. The van der Waals surface area contributed by atoms with Gasteiger partial charge in [-0.2, -0.15) is 0 Å². The van der Waals surface area contributed by atoms with Crippen LogP contribution >= 0.6 is 0 Å². The maximum atomic E-state index is 10.7. The topological polar surface area (TPSA) is 55.5 Å². The molecule has 0 radical (unpaired) electrons. The highest BCUT2D eigenvalue weighted by molar-refractivity contribution is 5.33. The lowest BCUT2D eigenvalue weighted by molar-refractivity contribution is -0.00517. The molecule has 3 heteroatoms. The summed E-state index contributed by atoms with van der Waals surface area (Å²) in [5, 5.41) is 10.7. The van der Waals surface area contributed by atoms with Gasteiger partial charge in [-0.15, -0.1) is 0 Å². The minimum Gasteiger partial charge on any atom is -0.490 e. The Morgan fingerprint density at radius 3 is 2.56 bits per heavy atom. The van der Waals surface area contributed by atoms with Crippen LogP contribution in [0.5, 0.6) is 5.75 Å². The predicted octanol–water partition coefficient (Wildman–Crippen LogP) is 2.32. The Labute approximate surface area is 108 Å². The number of hydrogen-bond acceptors (Lipinski definition) is 3. The third-order valence-electron chi connectivity index (χ3n) is 4.06. The molecule has 2 saturated carbocycles. The highest BCUT2D eigenvalue weighted by Crippen LogP contribution is 2.38. The summed E-state index contributed by atoms with van der Waals surface area (Å²) in [7, 11) is 0. The van der Waals surface area contributed by atoms with Crippen molar-refractivity contribution in [1.82, 2.24) is 0 Å². The first-order valence-electron chi connectivity index (χ1n) is 6.91. The van der Waals surface area contributed by atoms with E-state index in [2.05, 4.69) is 0 Å². The number of benzene rings is 1. The summed E-state index contributed by atoms with van der Waals surface area (Å²) in [6.45, 7) is 0. The van der Waals surface area contributed by atoms with E-state index in [0.29, 0.717) is 6.10 Å². The van der Waals surface area contributed by atoms with Gasteiger partial charge in [0.25, 0.3) is 0 Å². The average Bonchev–Trinajstić information content (AvgIpc) is 3.18. The average molecular weight is 247 g/mol. The zero-order valence-corrected chi connectivity index (χ0v) is 10.6. The SMILES string of the molecule is NC1CCC(O)(c2cccc(OC3CC3)c2)CC1. The van der Waals surface area contributed by atoms with Gasteiger partial charge in [-0.25, -0.2) is 0 Å². The van der Waals surface area contributed by atoms with Crippen LogP contribution in [-0.2, 0) is 5.60 Å². The quantitative estimate of drug-likeness (QED) is 0.861. The number of rotatable bonds is 3. The maximum absolute atomic E-state index is 10.7. The molecule has 0 atom stereocenters. The predicted molar refractivity (Wildman–Crippen MR) is 70.4 cm³/mol. The molecular formula is C15H21NO2. The van der Waals surface area contributed by atoms with Gasteiger partial charge >= 0.3 is 0 Å². The highest BCUT2D eigenvalue weighted by Gasteiger charge is 2.34. The van der Waals surface area contributed by atoms with E-state index in [0.717, 1.165) is 49.8 Å². The second-order valence-electron chi connectivity index (χ2n) is 5.71. The smallest absolute Gasteiger partial charge is 0.120 e. The Hall–Kier alpha value is -1.06. The normalized spacial score (nSPS) is 32.2. The van der Waals surface area contributed by atoms with Crippen molar-refractivity contribution in [2.45, 2.75) is 56.3 Å². The van der Waals surface area contributed by atoms with Crippen LogP contribution in [0.4, 0.5) is 0 Å². The second-order valence-corrected chi connectivity index (χ2v) is 5.71. The Morgan fingerprint density at radius 1 is 1.17 bits per heavy atom. The first-order chi connectivity index (χ1) is 8.66. The van der Waals surface area contributed by atoms with Gasteiger partial charge in [0.2, 0.25) is 0 Å². The summed E-state index contributed by atoms with van der Waals surface area (Å²) in [6.07, 6.45) is 6.00. The summed E-state index contributed by atoms with van der Waals surface area (Å²) in [4.78, 5) is 0. The van der Waals surface area contributed by atoms with E-state index in [9.17, 15) is 5.11 Å². The van der Waals surface area contributed by atoms with Crippen molar-refractivity contribution in [1.29, 1.82) is 0 Å². The summed E-state index contributed by atoms with van der Waals surface area (Å²) < 4.78 is 5.79. The van der Waals surface area contributed by atoms with E-state index in [-0.39, 0.29) is 6.04 Å². The van der Waals surface area contributed by atoms with Gasteiger partial charge in [0.1, 0.15) is 5.75 Å². The van der Waals surface area contributed by atoms with Crippen molar-refractivity contribution in [2.75, 3.05) is 0 Å². The van der Waals surface area contributed by atoms with E-state index >= 15 is 0 Å². The highest BCUT2D eigenvalue weighted by atomic mass is 16.5. The molecule has 1 aromatic carbocycles. The lowest BCUT2D eigenvalue weighted by Gasteiger charge is -2.35. The molecule has 3 nitrogen and oxygen atoms in total. The van der Waals surface area contributed by atoms with E-state index in [4.69, 9.17) is 10.5 Å². The monoisotopic (exact) mass is 247 g/mol. The first-order valence-corrected chi connectivity index (χ1v) is 6.91. The van der Waals surface area contributed by atoms with Crippen molar-refractivity contribution in [3.63, 3.8) is 0 Å². The molecule has 1 aromatic rings. The molecule has 0 amide bonds. The Balaban J connectivity index is 1.77. The van der Waals surface area contributed by atoms with Gasteiger partial charge in [0.05, 0.1) is 11.7 Å². The van der Waals surface area contributed by atoms with Crippen LogP contribution in [-0.4, -0.2) is 17.3 Å². The van der Waals surface area contributed by atoms with Gasteiger partial charge in [0, 0.05) is 6.04 Å². The van der Waals surface area contributed by atoms with E-state index in [1.54, 1.807) is 0 Å². The Kier molecular flexibility index (Phi) is 3.04. The molecule has 18 heavy (non-hydrogen) atoms. The first kappa shape index (κ1) is 12.0. The van der Waals surface area contributed by atoms with Crippen LogP contribution < -0.4 is 10.5 Å². The van der Waals surface area contributed by atoms with Crippen LogP contribution in [0, 0.1) is 0 Å². The lowest BCUT2D eigenvalue weighted by Crippen LogP contribution is -2.36. The minimum atomic E-state index is -0.710. The van der Waals surface area contributed by atoms with Crippen LogP contribution in [0.25, 0.3) is 0 Å². The van der Waals surface area contributed by atoms with E-state index in [1.807, 2.05) is 24.3 Å². The number of aliphatic hydroxyl groups is 1. The number of ether oxygens (including phenoxy) is 1. The van der Waals surface area contributed by atoms with Crippen molar-refractivity contribution in [2.24, 2.45) is 5.73 Å². The maximum Gasteiger partial charge on any atom is 0.120 e. The van der Waals surface area contributed by atoms with Crippen LogP contribution in [0.15, 0.2) is 24.3 Å². The Morgan fingerprint density at radius 2 is 1.89 bits per heavy atom. The molecule has 0 spiro atoms. The van der Waals surface area contributed by atoms with Crippen LogP contribution in [0.1, 0.15) is 44.1 Å². The van der Waals surface area contributed by atoms with Gasteiger partial charge in [0.15, 0.2) is 0 Å².